The Balaban J connectivity index is 2.71. The van der Waals surface area contributed by atoms with Gasteiger partial charge in [-0.3, -0.25) is 9.36 Å². The normalized spacial score (nSPS) is 11.1. The molecular weight excluding hydrogens is 226 g/mol. The molecule has 0 radical (unpaired) electrons. The predicted molar refractivity (Wildman–Crippen MR) is 73.8 cm³/mol. The summed E-state index contributed by atoms with van der Waals surface area (Å²) < 4.78 is 1.77. The highest BCUT2D eigenvalue weighted by Gasteiger charge is 2.10. The van der Waals surface area contributed by atoms with Crippen molar-refractivity contribution < 1.29 is 0 Å². The molecule has 2 N–H and O–H groups in total. The van der Waals surface area contributed by atoms with Gasteiger partial charge in [-0.1, -0.05) is 19.1 Å². The van der Waals surface area contributed by atoms with E-state index in [1.807, 2.05) is 32.0 Å². The van der Waals surface area contributed by atoms with Gasteiger partial charge in [-0.25, -0.2) is 4.98 Å². The summed E-state index contributed by atoms with van der Waals surface area (Å²) in [6.07, 6.45) is 1.55. The summed E-state index contributed by atoms with van der Waals surface area (Å²) >= 11 is 0. The minimum atomic E-state index is 0.0587. The Labute approximate surface area is 106 Å². The molecule has 0 aliphatic heterocycles. The van der Waals surface area contributed by atoms with Crippen LogP contribution in [0.4, 0.5) is 0 Å². The molecule has 0 fully saturated rings. The maximum Gasteiger partial charge on any atom is 0.261 e. The van der Waals surface area contributed by atoms with Crippen LogP contribution in [0, 0.1) is 6.92 Å². The molecule has 18 heavy (non-hydrogen) atoms. The highest BCUT2D eigenvalue weighted by molar-refractivity contribution is 5.81. The second-order valence-corrected chi connectivity index (χ2v) is 4.45. The Morgan fingerprint density at radius 2 is 2.17 bits per heavy atom. The van der Waals surface area contributed by atoms with Crippen LogP contribution in [0.2, 0.25) is 0 Å². The van der Waals surface area contributed by atoms with Crippen molar-refractivity contribution in [2.45, 2.75) is 33.2 Å². The lowest BCUT2D eigenvalue weighted by molar-refractivity contribution is 0.592. The number of fused-ring (bicyclic) bond motifs is 1. The SMILES string of the molecule is CCc1nc2cccc(C)c2c(=O)n1CCCN. The van der Waals surface area contributed by atoms with E-state index in [1.165, 1.54) is 0 Å². The third-order valence-corrected chi connectivity index (χ3v) is 3.17. The largest absolute Gasteiger partial charge is 0.330 e. The van der Waals surface area contributed by atoms with Gasteiger partial charge >= 0.3 is 0 Å². The van der Waals surface area contributed by atoms with Gasteiger partial charge in [-0.05, 0) is 31.5 Å². The number of rotatable bonds is 4. The highest BCUT2D eigenvalue weighted by Crippen LogP contribution is 2.13. The molecule has 0 saturated heterocycles. The van der Waals surface area contributed by atoms with Gasteiger partial charge in [-0.2, -0.15) is 0 Å². The zero-order chi connectivity index (χ0) is 13.1. The van der Waals surface area contributed by atoms with Gasteiger partial charge in [-0.15, -0.1) is 0 Å². The quantitative estimate of drug-likeness (QED) is 0.890. The molecule has 0 bridgehead atoms. The van der Waals surface area contributed by atoms with Gasteiger partial charge in [0.05, 0.1) is 10.9 Å². The molecule has 0 unspecified atom stereocenters. The smallest absolute Gasteiger partial charge is 0.261 e. The number of nitrogens with two attached hydrogens (primary N) is 1. The molecule has 1 heterocycles. The molecule has 0 saturated carbocycles. The molecule has 1 aromatic heterocycles. The zero-order valence-electron chi connectivity index (χ0n) is 10.9. The first kappa shape index (κ1) is 12.8. The fourth-order valence-electron chi connectivity index (χ4n) is 2.23. The molecule has 0 aliphatic carbocycles. The lowest BCUT2D eigenvalue weighted by atomic mass is 10.1. The van der Waals surface area contributed by atoms with Crippen LogP contribution in [0.25, 0.3) is 10.9 Å². The van der Waals surface area contributed by atoms with Crippen molar-refractivity contribution in [3.63, 3.8) is 0 Å². The van der Waals surface area contributed by atoms with Crippen LogP contribution in [-0.2, 0) is 13.0 Å². The minimum absolute atomic E-state index is 0.0587. The average molecular weight is 245 g/mol. The second-order valence-electron chi connectivity index (χ2n) is 4.45. The van der Waals surface area contributed by atoms with E-state index in [0.717, 1.165) is 35.1 Å². The summed E-state index contributed by atoms with van der Waals surface area (Å²) in [6.45, 7) is 5.20. The minimum Gasteiger partial charge on any atom is -0.330 e. The summed E-state index contributed by atoms with van der Waals surface area (Å²) in [5.74, 6) is 0.839. The number of benzene rings is 1. The first-order chi connectivity index (χ1) is 8.69. The molecular formula is C14H19N3O. The Hall–Kier alpha value is -1.68. The van der Waals surface area contributed by atoms with Crippen molar-refractivity contribution in [1.29, 1.82) is 0 Å². The summed E-state index contributed by atoms with van der Waals surface area (Å²) in [5, 5.41) is 0.728. The molecule has 0 spiro atoms. The monoisotopic (exact) mass is 245 g/mol. The number of nitrogens with zero attached hydrogens (tertiary/aromatic N) is 2. The summed E-state index contributed by atoms with van der Waals surface area (Å²) in [7, 11) is 0. The van der Waals surface area contributed by atoms with Crippen molar-refractivity contribution in [3.05, 3.63) is 39.9 Å². The van der Waals surface area contributed by atoms with E-state index in [2.05, 4.69) is 4.98 Å². The van der Waals surface area contributed by atoms with E-state index in [4.69, 9.17) is 5.73 Å². The summed E-state index contributed by atoms with van der Waals surface area (Å²) in [5.41, 5.74) is 7.36. The van der Waals surface area contributed by atoms with Crippen LogP contribution < -0.4 is 11.3 Å². The standard InChI is InChI=1S/C14H19N3O/c1-3-12-16-11-7-4-6-10(2)13(11)14(18)17(12)9-5-8-15/h4,6-7H,3,5,8-9,15H2,1-2H3. The van der Waals surface area contributed by atoms with Crippen molar-refractivity contribution in [2.75, 3.05) is 6.54 Å². The number of hydrogen-bond acceptors (Lipinski definition) is 3. The van der Waals surface area contributed by atoms with Crippen molar-refractivity contribution in [1.82, 2.24) is 9.55 Å². The van der Waals surface area contributed by atoms with Crippen LogP contribution in [0.5, 0.6) is 0 Å². The number of aryl methyl sites for hydroxylation is 2. The van der Waals surface area contributed by atoms with Crippen LogP contribution in [0.3, 0.4) is 0 Å². The van der Waals surface area contributed by atoms with Gasteiger partial charge in [0.1, 0.15) is 5.82 Å². The van der Waals surface area contributed by atoms with Gasteiger partial charge < -0.3 is 5.73 Å². The second kappa shape index (κ2) is 5.31. The molecule has 1 aromatic carbocycles. The lowest BCUT2D eigenvalue weighted by Gasteiger charge is -2.12. The van der Waals surface area contributed by atoms with Gasteiger partial charge in [0.25, 0.3) is 5.56 Å². The molecule has 2 aromatic rings. The Bertz CT molecular complexity index is 616. The van der Waals surface area contributed by atoms with Crippen LogP contribution >= 0.6 is 0 Å². The molecule has 0 aliphatic rings. The number of hydrogen-bond donors (Lipinski definition) is 1. The topological polar surface area (TPSA) is 60.9 Å². The highest BCUT2D eigenvalue weighted by atomic mass is 16.1. The molecule has 96 valence electrons. The van der Waals surface area contributed by atoms with Crippen molar-refractivity contribution in [2.24, 2.45) is 5.73 Å². The molecule has 4 nitrogen and oxygen atoms in total. The zero-order valence-corrected chi connectivity index (χ0v) is 10.9. The first-order valence-electron chi connectivity index (χ1n) is 6.38. The molecule has 0 atom stereocenters. The third-order valence-electron chi connectivity index (χ3n) is 3.17. The van der Waals surface area contributed by atoms with E-state index in [1.54, 1.807) is 4.57 Å². The lowest BCUT2D eigenvalue weighted by Crippen LogP contribution is -2.26. The Morgan fingerprint density at radius 1 is 1.39 bits per heavy atom. The van der Waals surface area contributed by atoms with E-state index >= 15 is 0 Å². The Kier molecular flexibility index (Phi) is 3.77. The molecule has 0 amide bonds. The fraction of sp³-hybridized carbons (Fsp3) is 0.429. The maximum absolute atomic E-state index is 12.5. The van der Waals surface area contributed by atoms with E-state index in [-0.39, 0.29) is 5.56 Å². The van der Waals surface area contributed by atoms with Gasteiger partial charge in [0.2, 0.25) is 0 Å². The molecule has 4 heteroatoms. The van der Waals surface area contributed by atoms with Crippen LogP contribution in [0.15, 0.2) is 23.0 Å². The summed E-state index contributed by atoms with van der Waals surface area (Å²) in [4.78, 5) is 17.1. The van der Waals surface area contributed by atoms with Gasteiger partial charge in [0.15, 0.2) is 0 Å². The summed E-state index contributed by atoms with van der Waals surface area (Å²) in [6, 6.07) is 5.79. The fourth-order valence-corrected chi connectivity index (χ4v) is 2.23. The van der Waals surface area contributed by atoms with E-state index < -0.39 is 0 Å². The predicted octanol–water partition coefficient (Wildman–Crippen LogP) is 1.62. The third kappa shape index (κ3) is 2.16. The number of aromatic nitrogens is 2. The van der Waals surface area contributed by atoms with Crippen LogP contribution in [0.1, 0.15) is 24.7 Å². The van der Waals surface area contributed by atoms with E-state index in [0.29, 0.717) is 13.1 Å². The van der Waals surface area contributed by atoms with Crippen molar-refractivity contribution in [3.8, 4) is 0 Å². The molecule has 2 rings (SSSR count). The van der Waals surface area contributed by atoms with Crippen LogP contribution in [-0.4, -0.2) is 16.1 Å². The Morgan fingerprint density at radius 3 is 2.83 bits per heavy atom. The average Bonchev–Trinajstić information content (AvgIpc) is 2.37. The van der Waals surface area contributed by atoms with Gasteiger partial charge in [0, 0.05) is 13.0 Å². The van der Waals surface area contributed by atoms with Crippen molar-refractivity contribution >= 4 is 10.9 Å². The first-order valence-corrected chi connectivity index (χ1v) is 6.38. The van der Waals surface area contributed by atoms with E-state index in [9.17, 15) is 4.79 Å². The maximum atomic E-state index is 12.5.